The van der Waals surface area contributed by atoms with Crippen LogP contribution in [0.15, 0.2) is 61.2 Å². The van der Waals surface area contributed by atoms with E-state index >= 15 is 4.39 Å². The van der Waals surface area contributed by atoms with Crippen molar-refractivity contribution >= 4 is 10.8 Å². The van der Waals surface area contributed by atoms with E-state index in [-0.39, 0.29) is 18.9 Å². The third-order valence-corrected chi connectivity index (χ3v) is 5.55. The van der Waals surface area contributed by atoms with Crippen molar-refractivity contribution in [1.29, 1.82) is 0 Å². The summed E-state index contributed by atoms with van der Waals surface area (Å²) in [6.45, 7) is 4.75. The Labute approximate surface area is 198 Å². The van der Waals surface area contributed by atoms with E-state index in [1.807, 2.05) is 0 Å². The molecule has 0 spiro atoms. The normalized spacial score (nSPS) is 18.5. The Morgan fingerprint density at radius 2 is 1.74 bits per heavy atom. The highest BCUT2D eigenvalue weighted by atomic mass is 19.4. The molecule has 35 heavy (non-hydrogen) atoms. The highest BCUT2D eigenvalue weighted by Crippen LogP contribution is 2.30. The van der Waals surface area contributed by atoms with E-state index in [4.69, 9.17) is 14.2 Å². The number of alkyl halides is 3. The fraction of sp³-hybridized carbons (Fsp3) is 0.308. The molecule has 0 radical (unpaired) electrons. The lowest BCUT2D eigenvalue weighted by Gasteiger charge is -2.29. The van der Waals surface area contributed by atoms with Gasteiger partial charge in [-0.05, 0) is 47.6 Å². The quantitative estimate of drug-likeness (QED) is 0.268. The van der Waals surface area contributed by atoms with Crippen LogP contribution in [0.3, 0.4) is 0 Å². The summed E-state index contributed by atoms with van der Waals surface area (Å²) in [5.41, 5.74) is 1.59. The van der Waals surface area contributed by atoms with Crippen LogP contribution in [-0.4, -0.2) is 32.3 Å². The van der Waals surface area contributed by atoms with Crippen molar-refractivity contribution in [2.24, 2.45) is 0 Å². The van der Waals surface area contributed by atoms with Crippen LogP contribution in [0.5, 0.6) is 5.75 Å². The zero-order chi connectivity index (χ0) is 25.0. The molecule has 3 aromatic carbocycles. The molecule has 0 unspecified atom stereocenters. The van der Waals surface area contributed by atoms with Gasteiger partial charge in [-0.15, -0.1) is 19.8 Å². The van der Waals surface area contributed by atoms with Gasteiger partial charge in [-0.25, -0.2) is 8.78 Å². The van der Waals surface area contributed by atoms with Crippen molar-refractivity contribution in [3.8, 4) is 5.75 Å². The lowest BCUT2D eigenvalue weighted by molar-refractivity contribution is -0.275. The monoisotopic (exact) mass is 494 g/mol. The maximum absolute atomic E-state index is 15.1. The van der Waals surface area contributed by atoms with Gasteiger partial charge in [-0.1, -0.05) is 36.4 Å². The average molecular weight is 494 g/mol. The minimum atomic E-state index is -4.98. The summed E-state index contributed by atoms with van der Waals surface area (Å²) in [7, 11) is 0. The van der Waals surface area contributed by atoms with Crippen molar-refractivity contribution < 1.29 is 40.9 Å². The second-order valence-corrected chi connectivity index (χ2v) is 8.07. The van der Waals surface area contributed by atoms with E-state index in [2.05, 4.69) is 11.3 Å². The Hall–Kier alpha value is -3.01. The number of hydrogen-bond donors (Lipinski definition) is 0. The lowest BCUT2D eigenvalue weighted by Crippen LogP contribution is -2.33. The molecule has 4 nitrogen and oxygen atoms in total. The summed E-state index contributed by atoms with van der Waals surface area (Å²) in [5.74, 6) is -2.44. The van der Waals surface area contributed by atoms with Gasteiger partial charge in [0.2, 0.25) is 0 Å². The first-order chi connectivity index (χ1) is 16.7. The standard InChI is InChI=1S/C26H23F5O4/c1-2-11-32-20-14-33-25(34-15-20)19-8-9-21-18(13-19)7-6-17(24(21)28)5-3-16-4-10-23(22(27)12-16)35-26(29,30)31/h2,4,6-10,12-13,20,25H,1,3,5,11,14-15H2. The summed E-state index contributed by atoms with van der Waals surface area (Å²) in [6.07, 6.45) is -3.60. The molecule has 0 N–H and O–H groups in total. The molecule has 0 atom stereocenters. The largest absolute Gasteiger partial charge is 0.573 e. The van der Waals surface area contributed by atoms with Crippen LogP contribution in [-0.2, 0) is 27.1 Å². The molecule has 0 aromatic heterocycles. The van der Waals surface area contributed by atoms with Gasteiger partial charge in [0, 0.05) is 10.9 Å². The van der Waals surface area contributed by atoms with Gasteiger partial charge in [0.1, 0.15) is 11.9 Å². The Balaban J connectivity index is 1.42. The van der Waals surface area contributed by atoms with Gasteiger partial charge < -0.3 is 18.9 Å². The maximum atomic E-state index is 15.1. The van der Waals surface area contributed by atoms with Gasteiger partial charge in [-0.3, -0.25) is 0 Å². The molecule has 186 valence electrons. The van der Waals surface area contributed by atoms with Gasteiger partial charge in [0.25, 0.3) is 0 Å². The number of aryl methyl sites for hydroxylation is 2. The minimum Gasteiger partial charge on any atom is -0.403 e. The Morgan fingerprint density at radius 1 is 0.971 bits per heavy atom. The molecule has 1 aliphatic heterocycles. The lowest BCUT2D eigenvalue weighted by atomic mass is 9.99. The molecule has 4 rings (SSSR count). The molecule has 0 amide bonds. The first kappa shape index (κ1) is 25.1. The molecule has 9 heteroatoms. The van der Waals surface area contributed by atoms with E-state index in [1.165, 1.54) is 6.07 Å². The first-order valence-corrected chi connectivity index (χ1v) is 10.9. The Kier molecular flexibility index (Phi) is 7.69. The van der Waals surface area contributed by atoms with Crippen molar-refractivity contribution in [1.82, 2.24) is 0 Å². The van der Waals surface area contributed by atoms with Crippen LogP contribution in [0, 0.1) is 11.6 Å². The van der Waals surface area contributed by atoms with Crippen LogP contribution in [0.25, 0.3) is 10.8 Å². The SMILES string of the molecule is C=CCOC1COC(c2ccc3c(F)c(CCc4ccc(OC(F)(F)F)c(F)c4)ccc3c2)OC1. The van der Waals surface area contributed by atoms with E-state index in [0.717, 1.165) is 17.7 Å². The molecule has 1 aliphatic rings. The predicted molar refractivity (Wildman–Crippen MR) is 119 cm³/mol. The smallest absolute Gasteiger partial charge is 0.403 e. The number of rotatable bonds is 8. The van der Waals surface area contributed by atoms with Crippen LogP contribution >= 0.6 is 0 Å². The van der Waals surface area contributed by atoms with Crippen molar-refractivity contribution in [2.75, 3.05) is 19.8 Å². The summed E-state index contributed by atoms with van der Waals surface area (Å²) >= 11 is 0. The second-order valence-electron chi connectivity index (χ2n) is 8.07. The molecule has 0 bridgehead atoms. The van der Waals surface area contributed by atoms with Crippen LogP contribution in [0.2, 0.25) is 0 Å². The summed E-state index contributed by atoms with van der Waals surface area (Å²) in [5, 5.41) is 1.08. The van der Waals surface area contributed by atoms with Crippen LogP contribution in [0.4, 0.5) is 22.0 Å². The summed E-state index contributed by atoms with van der Waals surface area (Å²) in [4.78, 5) is 0. The third-order valence-electron chi connectivity index (χ3n) is 5.55. The zero-order valence-corrected chi connectivity index (χ0v) is 18.6. The second kappa shape index (κ2) is 10.7. The molecule has 1 heterocycles. The highest BCUT2D eigenvalue weighted by Gasteiger charge is 2.32. The minimum absolute atomic E-state index is 0.174. The fourth-order valence-electron chi connectivity index (χ4n) is 3.86. The zero-order valence-electron chi connectivity index (χ0n) is 18.6. The van der Waals surface area contributed by atoms with E-state index in [9.17, 15) is 17.6 Å². The number of fused-ring (bicyclic) bond motifs is 1. The van der Waals surface area contributed by atoms with E-state index in [1.54, 1.807) is 36.4 Å². The Morgan fingerprint density at radius 3 is 2.43 bits per heavy atom. The van der Waals surface area contributed by atoms with E-state index in [0.29, 0.717) is 41.7 Å². The summed E-state index contributed by atoms with van der Waals surface area (Å²) < 4.78 is 86.6. The van der Waals surface area contributed by atoms with Crippen molar-refractivity contribution in [2.45, 2.75) is 31.6 Å². The Bertz CT molecular complexity index is 1190. The van der Waals surface area contributed by atoms with Crippen molar-refractivity contribution in [3.05, 3.63) is 89.5 Å². The van der Waals surface area contributed by atoms with Gasteiger partial charge in [-0.2, -0.15) is 0 Å². The van der Waals surface area contributed by atoms with Crippen LogP contribution in [0.1, 0.15) is 23.0 Å². The average Bonchev–Trinajstić information content (AvgIpc) is 2.83. The van der Waals surface area contributed by atoms with Gasteiger partial charge in [0.15, 0.2) is 17.9 Å². The van der Waals surface area contributed by atoms with Gasteiger partial charge in [0.05, 0.1) is 19.8 Å². The molecule has 0 saturated carbocycles. The van der Waals surface area contributed by atoms with Crippen molar-refractivity contribution in [3.63, 3.8) is 0 Å². The highest BCUT2D eigenvalue weighted by molar-refractivity contribution is 5.84. The topological polar surface area (TPSA) is 36.9 Å². The van der Waals surface area contributed by atoms with E-state index < -0.39 is 30.0 Å². The summed E-state index contributed by atoms with van der Waals surface area (Å²) in [6, 6.07) is 11.8. The molecular formula is C26H23F5O4. The first-order valence-electron chi connectivity index (χ1n) is 10.9. The molecule has 1 saturated heterocycles. The molecule has 1 fully saturated rings. The molecule has 0 aliphatic carbocycles. The molecule has 3 aromatic rings. The number of benzene rings is 3. The molecular weight excluding hydrogens is 471 g/mol. The predicted octanol–water partition coefficient (Wildman–Crippen LogP) is 6.42. The maximum Gasteiger partial charge on any atom is 0.573 e. The fourth-order valence-corrected chi connectivity index (χ4v) is 3.86. The number of halogens is 5. The van der Waals surface area contributed by atoms with Crippen LogP contribution < -0.4 is 4.74 Å². The number of hydrogen-bond acceptors (Lipinski definition) is 4. The number of ether oxygens (including phenoxy) is 4. The van der Waals surface area contributed by atoms with Gasteiger partial charge >= 0.3 is 6.36 Å². The third kappa shape index (κ3) is 6.36.